The Morgan fingerprint density at radius 3 is 2.56 bits per heavy atom. The summed E-state index contributed by atoms with van der Waals surface area (Å²) in [6, 6.07) is 0. The van der Waals surface area contributed by atoms with E-state index in [0.29, 0.717) is 26.1 Å². The van der Waals surface area contributed by atoms with Gasteiger partial charge in [-0.25, -0.2) is 4.79 Å². The van der Waals surface area contributed by atoms with Crippen molar-refractivity contribution in [3.05, 3.63) is 0 Å². The maximum absolute atomic E-state index is 11.6. The molecule has 1 aliphatic rings. The quantitative estimate of drug-likeness (QED) is 0.585. The lowest BCUT2D eigenvalue weighted by atomic mass is 9.99. The van der Waals surface area contributed by atoms with Crippen molar-refractivity contribution in [3.63, 3.8) is 0 Å². The molecule has 1 saturated heterocycles. The third kappa shape index (κ3) is 4.16. The summed E-state index contributed by atoms with van der Waals surface area (Å²) in [6.07, 6.45) is 0.0280. The van der Waals surface area contributed by atoms with Crippen LogP contribution in [0.5, 0.6) is 0 Å². The average Bonchev–Trinajstić information content (AvgIpc) is 2.29. The van der Waals surface area contributed by atoms with Gasteiger partial charge in [-0.15, -0.1) is 0 Å². The second-order valence-corrected chi connectivity index (χ2v) is 3.82. The van der Waals surface area contributed by atoms with E-state index in [1.54, 1.807) is 0 Å². The zero-order valence-corrected chi connectivity index (χ0v) is 9.02. The number of carbonyl (C=O) groups excluding carboxylic acids is 1. The van der Waals surface area contributed by atoms with Gasteiger partial charge in [-0.1, -0.05) is 0 Å². The molecule has 6 nitrogen and oxygen atoms in total. The topological polar surface area (TPSA) is 95.9 Å². The zero-order valence-electron chi connectivity index (χ0n) is 9.02. The third-order valence-corrected chi connectivity index (χ3v) is 2.59. The molecule has 0 aromatic heterocycles. The molecule has 0 aromatic carbocycles. The molecule has 6 heteroatoms. The van der Waals surface area contributed by atoms with Gasteiger partial charge in [0.1, 0.15) is 0 Å². The van der Waals surface area contributed by atoms with E-state index in [2.05, 4.69) is 5.32 Å². The highest BCUT2D eigenvalue weighted by atomic mass is 16.5. The molecular weight excluding hydrogens is 214 g/mol. The molecule has 0 radical (unpaired) electrons. The molecule has 1 heterocycles. The average molecular weight is 231 g/mol. The minimum Gasteiger partial charge on any atom is -0.479 e. The molecule has 0 spiro atoms. The van der Waals surface area contributed by atoms with Crippen LogP contribution in [0, 0.1) is 5.92 Å². The Balaban J connectivity index is 2.16. The number of ether oxygens (including phenoxy) is 1. The smallest absolute Gasteiger partial charge is 0.332 e. The normalized spacial score (nSPS) is 19.1. The number of hydrogen-bond acceptors (Lipinski definition) is 4. The predicted molar refractivity (Wildman–Crippen MR) is 54.8 cm³/mol. The van der Waals surface area contributed by atoms with Crippen molar-refractivity contribution in [2.75, 3.05) is 19.8 Å². The number of hydrogen-bond donors (Lipinski definition) is 3. The van der Waals surface area contributed by atoms with Gasteiger partial charge in [-0.05, 0) is 12.8 Å². The van der Waals surface area contributed by atoms with Crippen LogP contribution in [0.25, 0.3) is 0 Å². The van der Waals surface area contributed by atoms with Crippen LogP contribution in [0.15, 0.2) is 0 Å². The van der Waals surface area contributed by atoms with Crippen LogP contribution in [-0.4, -0.2) is 48.0 Å². The molecule has 0 aromatic rings. The maximum atomic E-state index is 11.6. The predicted octanol–water partition coefficient (Wildman–Crippen LogP) is -0.635. The summed E-state index contributed by atoms with van der Waals surface area (Å²) in [4.78, 5) is 21.9. The van der Waals surface area contributed by atoms with Crippen molar-refractivity contribution >= 4 is 11.9 Å². The summed E-state index contributed by atoms with van der Waals surface area (Å²) in [6.45, 7) is 1.37. The zero-order chi connectivity index (χ0) is 12.0. The first-order valence-corrected chi connectivity index (χ1v) is 5.37. The third-order valence-electron chi connectivity index (χ3n) is 2.59. The number of aliphatic hydroxyl groups is 1. The molecule has 3 N–H and O–H groups in total. The molecule has 1 atom stereocenters. The Hall–Kier alpha value is -1.14. The first kappa shape index (κ1) is 12.9. The molecule has 1 rings (SSSR count). The largest absolute Gasteiger partial charge is 0.479 e. The summed E-state index contributed by atoms with van der Waals surface area (Å²) in [5.41, 5.74) is 0. The van der Waals surface area contributed by atoms with E-state index >= 15 is 0 Å². The molecule has 92 valence electrons. The number of carboxylic acid groups (broad SMARTS) is 1. The minimum absolute atomic E-state index is 0.0320. The molecule has 16 heavy (non-hydrogen) atoms. The Morgan fingerprint density at radius 2 is 2.00 bits per heavy atom. The van der Waals surface area contributed by atoms with Gasteiger partial charge in [0, 0.05) is 32.1 Å². The van der Waals surface area contributed by atoms with E-state index < -0.39 is 12.1 Å². The van der Waals surface area contributed by atoms with E-state index in [4.69, 9.17) is 14.9 Å². The number of aliphatic carboxylic acids is 1. The van der Waals surface area contributed by atoms with Crippen LogP contribution in [0.3, 0.4) is 0 Å². The van der Waals surface area contributed by atoms with E-state index in [1.807, 2.05) is 0 Å². The number of aliphatic hydroxyl groups excluding tert-OH is 1. The minimum atomic E-state index is -1.41. The molecular formula is C10H17NO5. The standard InChI is InChI=1S/C10H17NO5/c12-8(10(14)15)1-4-11-9(13)7-2-5-16-6-3-7/h7-8,12H,1-6H2,(H,11,13)(H,14,15). The van der Waals surface area contributed by atoms with Crippen LogP contribution < -0.4 is 5.32 Å². The second kappa shape index (κ2) is 6.44. The van der Waals surface area contributed by atoms with Gasteiger partial charge in [-0.2, -0.15) is 0 Å². The van der Waals surface area contributed by atoms with Crippen molar-refractivity contribution in [2.24, 2.45) is 5.92 Å². The first-order chi connectivity index (χ1) is 7.61. The molecule has 0 bridgehead atoms. The lowest BCUT2D eigenvalue weighted by Gasteiger charge is -2.21. The fourth-order valence-corrected chi connectivity index (χ4v) is 1.56. The highest BCUT2D eigenvalue weighted by Gasteiger charge is 2.21. The van der Waals surface area contributed by atoms with Crippen molar-refractivity contribution in [2.45, 2.75) is 25.4 Å². The highest BCUT2D eigenvalue weighted by molar-refractivity contribution is 5.78. The number of amides is 1. The highest BCUT2D eigenvalue weighted by Crippen LogP contribution is 2.14. The van der Waals surface area contributed by atoms with Gasteiger partial charge in [0.25, 0.3) is 0 Å². The number of rotatable bonds is 5. The van der Waals surface area contributed by atoms with E-state index in [1.165, 1.54) is 0 Å². The summed E-state index contributed by atoms with van der Waals surface area (Å²) in [7, 11) is 0. The molecule has 0 aliphatic carbocycles. The molecule has 1 unspecified atom stereocenters. The van der Waals surface area contributed by atoms with Crippen LogP contribution in [0.4, 0.5) is 0 Å². The first-order valence-electron chi connectivity index (χ1n) is 5.37. The fourth-order valence-electron chi connectivity index (χ4n) is 1.56. The molecule has 1 aliphatic heterocycles. The van der Waals surface area contributed by atoms with E-state index in [0.717, 1.165) is 0 Å². The van der Waals surface area contributed by atoms with Crippen molar-refractivity contribution in [1.29, 1.82) is 0 Å². The Labute approximate surface area is 93.6 Å². The van der Waals surface area contributed by atoms with Gasteiger partial charge in [-0.3, -0.25) is 4.79 Å². The summed E-state index contributed by atoms with van der Waals surface area (Å²) in [5, 5.41) is 20.0. The fraction of sp³-hybridized carbons (Fsp3) is 0.800. The maximum Gasteiger partial charge on any atom is 0.332 e. The SMILES string of the molecule is O=C(O)C(O)CCNC(=O)C1CCOCC1. The second-order valence-electron chi connectivity index (χ2n) is 3.82. The van der Waals surface area contributed by atoms with Crippen molar-refractivity contribution in [3.8, 4) is 0 Å². The Kier molecular flexibility index (Phi) is 5.21. The van der Waals surface area contributed by atoms with Crippen LogP contribution in [0.1, 0.15) is 19.3 Å². The van der Waals surface area contributed by atoms with Crippen LogP contribution >= 0.6 is 0 Å². The Morgan fingerprint density at radius 1 is 1.38 bits per heavy atom. The van der Waals surface area contributed by atoms with Gasteiger partial charge in [0.05, 0.1) is 0 Å². The molecule has 1 fully saturated rings. The summed E-state index contributed by atoms with van der Waals surface area (Å²) < 4.78 is 5.13. The number of nitrogens with one attached hydrogen (secondary N) is 1. The summed E-state index contributed by atoms with van der Waals surface area (Å²) in [5.74, 6) is -1.39. The van der Waals surface area contributed by atoms with Gasteiger partial charge in [0.2, 0.25) is 5.91 Å². The Bertz CT molecular complexity index is 250. The number of carboxylic acids is 1. The number of carbonyl (C=O) groups is 2. The lowest BCUT2D eigenvalue weighted by molar-refractivity contribution is -0.147. The van der Waals surface area contributed by atoms with Crippen molar-refractivity contribution in [1.82, 2.24) is 5.32 Å². The lowest BCUT2D eigenvalue weighted by Crippen LogP contribution is -2.36. The van der Waals surface area contributed by atoms with Crippen molar-refractivity contribution < 1.29 is 24.5 Å². The van der Waals surface area contributed by atoms with Crippen LogP contribution in [-0.2, 0) is 14.3 Å². The van der Waals surface area contributed by atoms with Gasteiger partial charge < -0.3 is 20.3 Å². The molecule has 1 amide bonds. The van der Waals surface area contributed by atoms with Gasteiger partial charge >= 0.3 is 5.97 Å². The van der Waals surface area contributed by atoms with E-state index in [9.17, 15) is 9.59 Å². The van der Waals surface area contributed by atoms with E-state index in [-0.39, 0.29) is 24.8 Å². The van der Waals surface area contributed by atoms with Gasteiger partial charge in [0.15, 0.2) is 6.10 Å². The summed E-state index contributed by atoms with van der Waals surface area (Å²) >= 11 is 0. The molecule has 0 saturated carbocycles. The monoisotopic (exact) mass is 231 g/mol. The van der Waals surface area contributed by atoms with Crippen LogP contribution in [0.2, 0.25) is 0 Å².